The summed E-state index contributed by atoms with van der Waals surface area (Å²) >= 11 is 0. The van der Waals surface area contributed by atoms with E-state index < -0.39 is 38.4 Å². The molecule has 0 bridgehead atoms. The van der Waals surface area contributed by atoms with E-state index in [2.05, 4.69) is 0 Å². The highest BCUT2D eigenvalue weighted by atomic mass is 32.2. The minimum Gasteiger partial charge on any atom is -0.379 e. The summed E-state index contributed by atoms with van der Waals surface area (Å²) in [5.41, 5.74) is 5.50. The van der Waals surface area contributed by atoms with E-state index in [1.54, 1.807) is 0 Å². The molecule has 178 valence electrons. The number of primary amides is 1. The highest BCUT2D eigenvalue weighted by Crippen LogP contribution is 2.24. The predicted octanol–water partition coefficient (Wildman–Crippen LogP) is -0.803. The van der Waals surface area contributed by atoms with Gasteiger partial charge in [0.1, 0.15) is 6.54 Å². The number of carbonyl (C=O) groups is 2. The number of carbonyl (C=O) groups excluding carboxylic acids is 2. The van der Waals surface area contributed by atoms with Gasteiger partial charge in [0, 0.05) is 32.1 Å². The fourth-order valence-corrected chi connectivity index (χ4v) is 6.01. The summed E-state index contributed by atoms with van der Waals surface area (Å²) in [7, 11) is -7.53. The van der Waals surface area contributed by atoms with Crippen LogP contribution in [0.5, 0.6) is 0 Å². The Bertz CT molecular complexity index is 1040. The van der Waals surface area contributed by atoms with Crippen LogP contribution in [0, 0.1) is 5.92 Å². The van der Waals surface area contributed by atoms with Crippen molar-refractivity contribution >= 4 is 37.5 Å². The van der Waals surface area contributed by atoms with Crippen LogP contribution in [-0.4, -0.2) is 90.0 Å². The number of likely N-dealkylation sites (tertiary alicyclic amines) is 1. The molecular weight excluding hydrogens is 460 g/mol. The molecule has 32 heavy (non-hydrogen) atoms. The van der Waals surface area contributed by atoms with E-state index in [0.717, 1.165) is 10.6 Å². The second kappa shape index (κ2) is 9.73. The molecule has 1 aromatic carbocycles. The van der Waals surface area contributed by atoms with Crippen LogP contribution in [0.15, 0.2) is 29.2 Å². The van der Waals surface area contributed by atoms with Crippen LogP contribution in [0.25, 0.3) is 0 Å². The van der Waals surface area contributed by atoms with Gasteiger partial charge in [0.25, 0.3) is 0 Å². The van der Waals surface area contributed by atoms with Gasteiger partial charge in [0.2, 0.25) is 31.9 Å². The van der Waals surface area contributed by atoms with Gasteiger partial charge in [0.15, 0.2) is 0 Å². The summed E-state index contributed by atoms with van der Waals surface area (Å²) in [5.74, 6) is -1.09. The number of amides is 2. The fourth-order valence-electron chi connectivity index (χ4n) is 3.76. The number of nitrogens with zero attached hydrogens (tertiary/aromatic N) is 3. The van der Waals surface area contributed by atoms with Crippen molar-refractivity contribution in [1.29, 1.82) is 0 Å². The highest BCUT2D eigenvalue weighted by molar-refractivity contribution is 7.92. The Balaban J connectivity index is 1.74. The Morgan fingerprint density at radius 2 is 1.59 bits per heavy atom. The molecule has 0 spiro atoms. The van der Waals surface area contributed by atoms with Gasteiger partial charge in [-0.2, -0.15) is 4.31 Å². The van der Waals surface area contributed by atoms with E-state index in [9.17, 15) is 26.4 Å². The third-order valence-electron chi connectivity index (χ3n) is 5.66. The number of sulfonamides is 2. The number of morpholine rings is 1. The molecule has 2 aliphatic heterocycles. The minimum atomic E-state index is -3.81. The maximum atomic E-state index is 12.8. The van der Waals surface area contributed by atoms with Gasteiger partial charge in [-0.05, 0) is 37.1 Å². The van der Waals surface area contributed by atoms with Crippen LogP contribution in [0.3, 0.4) is 0 Å². The van der Waals surface area contributed by atoms with E-state index in [4.69, 9.17) is 10.5 Å². The van der Waals surface area contributed by atoms with E-state index in [0.29, 0.717) is 39.1 Å². The van der Waals surface area contributed by atoms with Gasteiger partial charge in [-0.15, -0.1) is 0 Å². The van der Waals surface area contributed by atoms with Crippen LogP contribution in [-0.2, 0) is 34.4 Å². The lowest BCUT2D eigenvalue weighted by Crippen LogP contribution is -2.47. The Morgan fingerprint density at radius 1 is 1.03 bits per heavy atom. The van der Waals surface area contributed by atoms with Gasteiger partial charge in [-0.1, -0.05) is 0 Å². The smallest absolute Gasteiger partial charge is 0.243 e. The molecule has 1 aromatic rings. The van der Waals surface area contributed by atoms with Crippen molar-refractivity contribution in [3.8, 4) is 0 Å². The SMILES string of the molecule is CS(=O)(=O)N(CC(=O)N1CCC(C(N)=O)CC1)c1ccc(S(=O)(=O)N2CCOCC2)cc1. The number of anilines is 1. The Kier molecular flexibility index (Phi) is 7.43. The van der Waals surface area contributed by atoms with Crippen molar-refractivity contribution in [3.05, 3.63) is 24.3 Å². The van der Waals surface area contributed by atoms with Crippen LogP contribution in [0.2, 0.25) is 0 Å². The lowest BCUT2D eigenvalue weighted by molar-refractivity contribution is -0.133. The molecule has 0 unspecified atom stereocenters. The van der Waals surface area contributed by atoms with Crippen LogP contribution in [0.1, 0.15) is 12.8 Å². The minimum absolute atomic E-state index is 0.0384. The fraction of sp³-hybridized carbons (Fsp3) is 0.579. The first-order valence-corrected chi connectivity index (χ1v) is 13.5. The first-order valence-electron chi connectivity index (χ1n) is 10.2. The number of benzene rings is 1. The number of piperidine rings is 1. The first kappa shape index (κ1) is 24.4. The molecule has 3 rings (SSSR count). The molecule has 2 heterocycles. The summed E-state index contributed by atoms with van der Waals surface area (Å²) in [4.78, 5) is 25.6. The molecule has 2 amide bonds. The lowest BCUT2D eigenvalue weighted by Gasteiger charge is -2.32. The van der Waals surface area contributed by atoms with Crippen molar-refractivity contribution in [2.45, 2.75) is 17.7 Å². The van der Waals surface area contributed by atoms with Crippen molar-refractivity contribution in [1.82, 2.24) is 9.21 Å². The Morgan fingerprint density at radius 3 is 2.09 bits per heavy atom. The van der Waals surface area contributed by atoms with E-state index in [1.807, 2.05) is 0 Å². The molecule has 13 heteroatoms. The monoisotopic (exact) mass is 488 g/mol. The largest absolute Gasteiger partial charge is 0.379 e. The summed E-state index contributed by atoms with van der Waals surface area (Å²) in [5, 5.41) is 0. The molecule has 0 aliphatic carbocycles. The number of hydrogen-bond acceptors (Lipinski definition) is 7. The second-order valence-electron chi connectivity index (χ2n) is 7.84. The van der Waals surface area contributed by atoms with Gasteiger partial charge in [0.05, 0.1) is 30.1 Å². The first-order chi connectivity index (χ1) is 15.0. The maximum absolute atomic E-state index is 12.8. The van der Waals surface area contributed by atoms with Crippen LogP contribution >= 0.6 is 0 Å². The normalized spacial score (nSPS) is 19.0. The number of ether oxygens (including phenoxy) is 1. The summed E-state index contributed by atoms with van der Waals surface area (Å²) in [6.45, 7) is 1.36. The number of nitrogens with two attached hydrogens (primary N) is 1. The number of rotatable bonds is 7. The topological polar surface area (TPSA) is 147 Å². The van der Waals surface area contributed by atoms with Crippen molar-refractivity contribution in [2.24, 2.45) is 11.7 Å². The Hall–Kier alpha value is -2.22. The number of hydrogen-bond donors (Lipinski definition) is 1. The molecule has 0 atom stereocenters. The second-order valence-corrected chi connectivity index (χ2v) is 11.7. The third kappa shape index (κ3) is 5.57. The molecule has 0 saturated carbocycles. The zero-order chi connectivity index (χ0) is 23.5. The highest BCUT2D eigenvalue weighted by Gasteiger charge is 2.30. The molecule has 2 saturated heterocycles. The summed E-state index contributed by atoms with van der Waals surface area (Å²) in [6.07, 6.45) is 1.86. The maximum Gasteiger partial charge on any atom is 0.243 e. The lowest BCUT2D eigenvalue weighted by atomic mass is 9.96. The van der Waals surface area contributed by atoms with Crippen LogP contribution < -0.4 is 10.0 Å². The summed E-state index contributed by atoms with van der Waals surface area (Å²) < 4.78 is 57.7. The van der Waals surface area contributed by atoms with E-state index in [1.165, 1.54) is 33.5 Å². The quantitative estimate of drug-likeness (QED) is 0.528. The average molecular weight is 489 g/mol. The van der Waals surface area contributed by atoms with Gasteiger partial charge >= 0.3 is 0 Å². The van der Waals surface area contributed by atoms with Crippen molar-refractivity contribution in [3.63, 3.8) is 0 Å². The van der Waals surface area contributed by atoms with Crippen molar-refractivity contribution < 1.29 is 31.2 Å². The van der Waals surface area contributed by atoms with Gasteiger partial charge < -0.3 is 15.4 Å². The standard InChI is InChI=1S/C19H28N4O7S2/c1-31(26,27)23(14-18(24)21-8-6-15(7-9-21)19(20)25)16-2-4-17(5-3-16)32(28,29)22-10-12-30-13-11-22/h2-5,15H,6-14H2,1H3,(H2,20,25). The molecule has 0 radical (unpaired) electrons. The predicted molar refractivity (Wildman–Crippen MR) is 117 cm³/mol. The van der Waals surface area contributed by atoms with E-state index in [-0.39, 0.29) is 29.6 Å². The molecule has 2 N–H and O–H groups in total. The summed E-state index contributed by atoms with van der Waals surface area (Å²) in [6, 6.07) is 5.42. The van der Waals surface area contributed by atoms with Gasteiger partial charge in [-0.25, -0.2) is 16.8 Å². The molecule has 11 nitrogen and oxygen atoms in total. The van der Waals surface area contributed by atoms with Crippen LogP contribution in [0.4, 0.5) is 5.69 Å². The molecular formula is C19H28N4O7S2. The zero-order valence-corrected chi connectivity index (χ0v) is 19.5. The molecule has 0 aromatic heterocycles. The average Bonchev–Trinajstić information content (AvgIpc) is 2.77. The Labute approximate surface area is 188 Å². The van der Waals surface area contributed by atoms with Crippen molar-refractivity contribution in [2.75, 3.05) is 56.5 Å². The van der Waals surface area contributed by atoms with Gasteiger partial charge in [-0.3, -0.25) is 13.9 Å². The van der Waals surface area contributed by atoms with E-state index >= 15 is 0 Å². The third-order valence-corrected chi connectivity index (χ3v) is 8.72. The molecule has 2 fully saturated rings. The molecule has 2 aliphatic rings. The zero-order valence-electron chi connectivity index (χ0n) is 17.8.